The van der Waals surface area contributed by atoms with Crippen molar-refractivity contribution in [1.82, 2.24) is 5.32 Å². The van der Waals surface area contributed by atoms with Gasteiger partial charge in [-0.2, -0.15) is 0 Å². The van der Waals surface area contributed by atoms with Crippen molar-refractivity contribution < 1.29 is 19.8 Å². The molecule has 0 amide bonds. The Morgan fingerprint density at radius 1 is 0.893 bits per heavy atom. The van der Waals surface area contributed by atoms with E-state index in [0.29, 0.717) is 6.42 Å². The van der Waals surface area contributed by atoms with Crippen molar-refractivity contribution >= 4 is 11.9 Å². The van der Waals surface area contributed by atoms with E-state index < -0.39 is 24.0 Å². The zero-order valence-corrected chi connectivity index (χ0v) is 16.7. The molecule has 0 fully saturated rings. The normalized spacial score (nSPS) is 13.3. The van der Waals surface area contributed by atoms with Crippen LogP contribution in [0.5, 0.6) is 0 Å². The van der Waals surface area contributed by atoms with E-state index in [2.05, 4.69) is 29.6 Å². The third kappa shape index (κ3) is 6.82. The van der Waals surface area contributed by atoms with Crippen LogP contribution in [-0.2, 0) is 22.4 Å². The highest BCUT2D eigenvalue weighted by Gasteiger charge is 2.26. The molecule has 5 nitrogen and oxygen atoms in total. The minimum atomic E-state index is -1.04. The van der Waals surface area contributed by atoms with Crippen LogP contribution in [0, 0.1) is 12.8 Å². The van der Waals surface area contributed by atoms with Crippen LogP contribution >= 0.6 is 0 Å². The van der Waals surface area contributed by atoms with Crippen LogP contribution < -0.4 is 5.32 Å². The molecular formula is C23H29NO4. The molecule has 0 spiro atoms. The first kappa shape index (κ1) is 21.6. The first-order valence-electron chi connectivity index (χ1n) is 9.59. The second-order valence-corrected chi connectivity index (χ2v) is 7.76. The lowest BCUT2D eigenvalue weighted by molar-refractivity contribution is -0.142. The first-order chi connectivity index (χ1) is 13.2. The number of benzene rings is 2. The summed E-state index contributed by atoms with van der Waals surface area (Å²) in [4.78, 5) is 23.2. The van der Waals surface area contributed by atoms with Gasteiger partial charge in [0.2, 0.25) is 0 Å². The number of carbonyl (C=O) groups is 2. The summed E-state index contributed by atoms with van der Waals surface area (Å²) in [6.07, 6.45) is 1.38. The lowest BCUT2D eigenvalue weighted by Gasteiger charge is -2.22. The SMILES string of the molecule is Cc1ccc(Cc2cccc(C[C@H](N[C@@H](CC(C)C)C(=O)O)C(=O)O)c2)cc1. The molecule has 0 saturated heterocycles. The van der Waals surface area contributed by atoms with Gasteiger partial charge in [0.1, 0.15) is 12.1 Å². The molecule has 0 aliphatic rings. The van der Waals surface area contributed by atoms with Crippen LogP contribution in [-0.4, -0.2) is 34.2 Å². The van der Waals surface area contributed by atoms with E-state index >= 15 is 0 Å². The lowest BCUT2D eigenvalue weighted by atomic mass is 9.97. The maximum atomic E-state index is 11.7. The summed E-state index contributed by atoms with van der Waals surface area (Å²) in [5.74, 6) is -1.91. The first-order valence-corrected chi connectivity index (χ1v) is 9.59. The molecule has 3 N–H and O–H groups in total. The average Bonchev–Trinajstić information content (AvgIpc) is 2.62. The highest BCUT2D eigenvalue weighted by atomic mass is 16.4. The van der Waals surface area contributed by atoms with Crippen molar-refractivity contribution in [3.05, 3.63) is 70.8 Å². The van der Waals surface area contributed by atoms with E-state index in [1.165, 1.54) is 11.1 Å². The van der Waals surface area contributed by atoms with Gasteiger partial charge in [0.25, 0.3) is 0 Å². The molecule has 2 aromatic carbocycles. The molecule has 2 atom stereocenters. The smallest absolute Gasteiger partial charge is 0.321 e. The Morgan fingerprint density at radius 3 is 2.07 bits per heavy atom. The molecule has 0 aliphatic carbocycles. The van der Waals surface area contributed by atoms with Crippen LogP contribution in [0.1, 0.15) is 42.5 Å². The maximum Gasteiger partial charge on any atom is 0.321 e. The Bertz CT molecular complexity index is 799. The van der Waals surface area contributed by atoms with Crippen molar-refractivity contribution in [1.29, 1.82) is 0 Å². The molecular weight excluding hydrogens is 354 g/mol. The Morgan fingerprint density at radius 2 is 1.50 bits per heavy atom. The minimum absolute atomic E-state index is 0.154. The van der Waals surface area contributed by atoms with Gasteiger partial charge in [-0.15, -0.1) is 0 Å². The summed E-state index contributed by atoms with van der Waals surface area (Å²) in [6, 6.07) is 14.3. The monoisotopic (exact) mass is 383 g/mol. The van der Waals surface area contributed by atoms with Gasteiger partial charge < -0.3 is 10.2 Å². The van der Waals surface area contributed by atoms with E-state index in [1.54, 1.807) is 0 Å². The van der Waals surface area contributed by atoms with E-state index in [-0.39, 0.29) is 12.3 Å². The van der Waals surface area contributed by atoms with Crippen LogP contribution in [0.25, 0.3) is 0 Å². The van der Waals surface area contributed by atoms with Crippen molar-refractivity contribution in [2.24, 2.45) is 5.92 Å². The zero-order valence-electron chi connectivity index (χ0n) is 16.7. The Kier molecular flexibility index (Phi) is 7.76. The van der Waals surface area contributed by atoms with Crippen molar-refractivity contribution in [3.8, 4) is 0 Å². The van der Waals surface area contributed by atoms with Gasteiger partial charge in [-0.1, -0.05) is 67.9 Å². The molecule has 2 aromatic rings. The van der Waals surface area contributed by atoms with E-state index in [0.717, 1.165) is 17.5 Å². The number of hydrogen-bond donors (Lipinski definition) is 3. The number of aliphatic carboxylic acids is 2. The summed E-state index contributed by atoms with van der Waals surface area (Å²) >= 11 is 0. The molecule has 0 radical (unpaired) electrons. The lowest BCUT2D eigenvalue weighted by Crippen LogP contribution is -2.48. The van der Waals surface area contributed by atoms with Gasteiger partial charge >= 0.3 is 11.9 Å². The molecule has 0 unspecified atom stereocenters. The van der Waals surface area contributed by atoms with E-state index in [1.807, 2.05) is 45.0 Å². The standard InChI is InChI=1S/C23H29NO4/c1-15(2)11-20(22(25)26)24-21(23(27)28)14-19-6-4-5-18(13-19)12-17-9-7-16(3)8-10-17/h4-10,13,15,20-21,24H,11-12,14H2,1-3H3,(H,25,26)(H,27,28)/t20-,21-/m0/s1. The van der Waals surface area contributed by atoms with Crippen LogP contribution in [0.3, 0.4) is 0 Å². The quantitative estimate of drug-likeness (QED) is 0.583. The number of carboxylic acid groups (broad SMARTS) is 2. The molecule has 0 heterocycles. The summed E-state index contributed by atoms with van der Waals surface area (Å²) in [5.41, 5.74) is 4.38. The number of rotatable bonds is 10. The van der Waals surface area contributed by atoms with Gasteiger partial charge in [-0.3, -0.25) is 14.9 Å². The van der Waals surface area contributed by atoms with E-state index in [9.17, 15) is 19.8 Å². The topological polar surface area (TPSA) is 86.6 Å². The predicted molar refractivity (Wildman–Crippen MR) is 110 cm³/mol. The summed E-state index contributed by atoms with van der Waals surface area (Å²) in [7, 11) is 0. The number of aryl methyl sites for hydroxylation is 1. The largest absolute Gasteiger partial charge is 0.480 e. The van der Waals surface area contributed by atoms with Crippen molar-refractivity contribution in [3.63, 3.8) is 0 Å². The summed E-state index contributed by atoms with van der Waals surface area (Å²) in [6.45, 7) is 5.89. The van der Waals surface area contributed by atoms with E-state index in [4.69, 9.17) is 0 Å². The molecule has 0 aromatic heterocycles. The second-order valence-electron chi connectivity index (χ2n) is 7.76. The Hall–Kier alpha value is -2.66. The second kappa shape index (κ2) is 10.0. The van der Waals surface area contributed by atoms with Gasteiger partial charge in [-0.05, 0) is 48.8 Å². The van der Waals surface area contributed by atoms with Crippen molar-refractivity contribution in [2.75, 3.05) is 0 Å². The van der Waals surface area contributed by atoms with Crippen molar-refractivity contribution in [2.45, 2.75) is 52.1 Å². The van der Waals surface area contributed by atoms with Gasteiger partial charge in [0.15, 0.2) is 0 Å². The van der Waals surface area contributed by atoms with Gasteiger partial charge in [0, 0.05) is 0 Å². The molecule has 0 bridgehead atoms. The predicted octanol–water partition coefficient (Wildman–Crippen LogP) is 3.67. The fraction of sp³-hybridized carbons (Fsp3) is 0.391. The highest BCUT2D eigenvalue weighted by Crippen LogP contribution is 2.15. The third-order valence-corrected chi connectivity index (χ3v) is 4.67. The Labute approximate surface area is 166 Å². The fourth-order valence-corrected chi connectivity index (χ4v) is 3.22. The maximum absolute atomic E-state index is 11.7. The zero-order chi connectivity index (χ0) is 20.7. The summed E-state index contributed by atoms with van der Waals surface area (Å²) < 4.78 is 0. The molecule has 0 saturated carbocycles. The van der Waals surface area contributed by atoms with Crippen LogP contribution in [0.4, 0.5) is 0 Å². The molecule has 28 heavy (non-hydrogen) atoms. The fourth-order valence-electron chi connectivity index (χ4n) is 3.22. The third-order valence-electron chi connectivity index (χ3n) is 4.67. The molecule has 150 valence electrons. The summed E-state index contributed by atoms with van der Waals surface area (Å²) in [5, 5.41) is 21.8. The number of hydrogen-bond acceptors (Lipinski definition) is 3. The molecule has 2 rings (SSSR count). The number of nitrogens with one attached hydrogen (secondary N) is 1. The molecule has 0 aliphatic heterocycles. The average molecular weight is 383 g/mol. The number of carboxylic acids is 2. The van der Waals surface area contributed by atoms with Gasteiger partial charge in [0.05, 0.1) is 0 Å². The Balaban J connectivity index is 2.11. The van der Waals surface area contributed by atoms with Crippen LogP contribution in [0.15, 0.2) is 48.5 Å². The molecule has 5 heteroatoms. The minimum Gasteiger partial charge on any atom is -0.480 e. The highest BCUT2D eigenvalue weighted by molar-refractivity contribution is 5.77. The van der Waals surface area contributed by atoms with Crippen LogP contribution in [0.2, 0.25) is 0 Å². The van der Waals surface area contributed by atoms with Gasteiger partial charge in [-0.25, -0.2) is 0 Å².